The first kappa shape index (κ1) is 15.1. The van der Waals surface area contributed by atoms with E-state index in [9.17, 15) is 17.9 Å². The molecule has 0 radical (unpaired) electrons. The van der Waals surface area contributed by atoms with Gasteiger partial charge in [-0.1, -0.05) is 0 Å². The van der Waals surface area contributed by atoms with Crippen LogP contribution in [0.4, 0.5) is 15.8 Å². The van der Waals surface area contributed by atoms with Crippen molar-refractivity contribution in [3.63, 3.8) is 0 Å². The highest BCUT2D eigenvalue weighted by molar-refractivity contribution is 7.92. The Labute approximate surface area is 122 Å². The van der Waals surface area contributed by atoms with Crippen LogP contribution in [0.25, 0.3) is 0 Å². The molecule has 0 amide bonds. The Morgan fingerprint density at radius 3 is 2.33 bits per heavy atom. The third-order valence-electron chi connectivity index (χ3n) is 3.17. The van der Waals surface area contributed by atoms with E-state index in [0.29, 0.717) is 5.69 Å². The summed E-state index contributed by atoms with van der Waals surface area (Å²) < 4.78 is 39.9. The second-order valence-corrected chi connectivity index (χ2v) is 6.55. The van der Waals surface area contributed by atoms with Gasteiger partial charge in [-0.05, 0) is 43.3 Å². The lowest BCUT2D eigenvalue weighted by Crippen LogP contribution is -2.27. The van der Waals surface area contributed by atoms with E-state index in [-0.39, 0.29) is 21.9 Å². The standard InChI is InChI=1S/C14H15FN2O3S/c1-9-13(15)7-10(16)8-14(9)21(19,20)17(2)11-3-5-12(18)6-4-11/h3-8,18H,16H2,1-2H3. The number of hydrogen-bond acceptors (Lipinski definition) is 4. The predicted octanol–water partition coefficient (Wildman–Crippen LogP) is 2.25. The van der Waals surface area contributed by atoms with Gasteiger partial charge in [-0.15, -0.1) is 0 Å². The topological polar surface area (TPSA) is 83.6 Å². The van der Waals surface area contributed by atoms with E-state index >= 15 is 0 Å². The number of halogens is 1. The van der Waals surface area contributed by atoms with Crippen molar-refractivity contribution in [1.29, 1.82) is 0 Å². The van der Waals surface area contributed by atoms with Crippen LogP contribution in [0.3, 0.4) is 0 Å². The Morgan fingerprint density at radius 2 is 1.76 bits per heavy atom. The van der Waals surface area contributed by atoms with Crippen LogP contribution in [0.1, 0.15) is 5.56 Å². The number of hydrogen-bond donors (Lipinski definition) is 2. The van der Waals surface area contributed by atoms with Gasteiger partial charge < -0.3 is 10.8 Å². The molecule has 0 spiro atoms. The molecule has 0 saturated heterocycles. The maximum Gasteiger partial charge on any atom is 0.264 e. The van der Waals surface area contributed by atoms with Crippen molar-refractivity contribution in [3.05, 3.63) is 47.8 Å². The van der Waals surface area contributed by atoms with Crippen LogP contribution in [-0.2, 0) is 10.0 Å². The van der Waals surface area contributed by atoms with E-state index in [1.165, 1.54) is 44.3 Å². The zero-order valence-corrected chi connectivity index (χ0v) is 12.4. The van der Waals surface area contributed by atoms with Gasteiger partial charge in [0.25, 0.3) is 10.0 Å². The summed E-state index contributed by atoms with van der Waals surface area (Å²) in [5, 5.41) is 9.24. The van der Waals surface area contributed by atoms with Crippen molar-refractivity contribution >= 4 is 21.4 Å². The monoisotopic (exact) mass is 310 g/mol. The van der Waals surface area contributed by atoms with Crippen molar-refractivity contribution in [2.24, 2.45) is 0 Å². The van der Waals surface area contributed by atoms with Crippen molar-refractivity contribution in [3.8, 4) is 5.75 Å². The van der Waals surface area contributed by atoms with Crippen LogP contribution in [0.5, 0.6) is 5.75 Å². The Bertz CT molecular complexity index is 774. The normalized spacial score (nSPS) is 11.4. The van der Waals surface area contributed by atoms with Crippen LogP contribution in [0, 0.1) is 12.7 Å². The molecule has 7 heteroatoms. The molecule has 0 atom stereocenters. The summed E-state index contributed by atoms with van der Waals surface area (Å²) >= 11 is 0. The van der Waals surface area contributed by atoms with E-state index in [0.717, 1.165) is 10.4 Å². The van der Waals surface area contributed by atoms with Crippen molar-refractivity contribution in [1.82, 2.24) is 0 Å². The molecule has 0 bridgehead atoms. The lowest BCUT2D eigenvalue weighted by Gasteiger charge is -2.21. The minimum absolute atomic E-state index is 0.00910. The zero-order valence-electron chi connectivity index (χ0n) is 11.5. The number of nitrogens with two attached hydrogens (primary N) is 1. The Hall–Kier alpha value is -2.28. The van der Waals surface area contributed by atoms with Crippen LogP contribution >= 0.6 is 0 Å². The first-order chi connectivity index (χ1) is 9.73. The average molecular weight is 310 g/mol. The van der Waals surface area contributed by atoms with E-state index in [2.05, 4.69) is 0 Å². The number of nitrogens with zero attached hydrogens (tertiary/aromatic N) is 1. The molecule has 0 heterocycles. The smallest absolute Gasteiger partial charge is 0.264 e. The van der Waals surface area contributed by atoms with Crippen LogP contribution in [0.2, 0.25) is 0 Å². The molecular formula is C14H15FN2O3S. The summed E-state index contributed by atoms with van der Waals surface area (Å²) in [5.41, 5.74) is 5.92. The maximum absolute atomic E-state index is 13.7. The van der Waals surface area contributed by atoms with Crippen LogP contribution in [-0.4, -0.2) is 20.6 Å². The molecule has 0 aliphatic carbocycles. The third-order valence-corrected chi connectivity index (χ3v) is 5.08. The second-order valence-electron chi connectivity index (χ2n) is 4.61. The molecule has 0 aliphatic rings. The molecule has 0 saturated carbocycles. The molecule has 0 fully saturated rings. The quantitative estimate of drug-likeness (QED) is 0.852. The fourth-order valence-electron chi connectivity index (χ4n) is 1.89. The van der Waals surface area contributed by atoms with Crippen molar-refractivity contribution in [2.45, 2.75) is 11.8 Å². The molecule has 2 aromatic carbocycles. The van der Waals surface area contributed by atoms with Gasteiger partial charge in [-0.2, -0.15) is 0 Å². The van der Waals surface area contributed by atoms with Gasteiger partial charge in [0.15, 0.2) is 0 Å². The number of nitrogen functional groups attached to an aromatic ring is 1. The van der Waals surface area contributed by atoms with Crippen LogP contribution < -0.4 is 10.0 Å². The van der Waals surface area contributed by atoms with E-state index < -0.39 is 15.8 Å². The molecule has 0 aliphatic heterocycles. The Morgan fingerprint density at radius 1 is 1.19 bits per heavy atom. The molecule has 3 N–H and O–H groups in total. The number of benzene rings is 2. The first-order valence-corrected chi connectivity index (χ1v) is 7.51. The van der Waals surface area contributed by atoms with Gasteiger partial charge in [0.2, 0.25) is 0 Å². The van der Waals surface area contributed by atoms with Gasteiger partial charge >= 0.3 is 0 Å². The van der Waals surface area contributed by atoms with E-state index in [1.54, 1.807) is 0 Å². The molecule has 0 aromatic heterocycles. The van der Waals surface area contributed by atoms with Crippen molar-refractivity contribution in [2.75, 3.05) is 17.1 Å². The number of phenolic OH excluding ortho intramolecular Hbond substituents is 1. The second kappa shape index (κ2) is 5.25. The lowest BCUT2D eigenvalue weighted by molar-refractivity contribution is 0.475. The van der Waals surface area contributed by atoms with Gasteiger partial charge in [0, 0.05) is 18.3 Å². The highest BCUT2D eigenvalue weighted by Gasteiger charge is 2.25. The third kappa shape index (κ3) is 2.78. The molecular weight excluding hydrogens is 295 g/mol. The summed E-state index contributed by atoms with van der Waals surface area (Å²) in [5.74, 6) is -0.650. The number of anilines is 2. The summed E-state index contributed by atoms with van der Waals surface area (Å²) in [6.45, 7) is 1.38. The van der Waals surface area contributed by atoms with Gasteiger partial charge in [0.05, 0.1) is 10.6 Å². The molecule has 5 nitrogen and oxygen atoms in total. The molecule has 21 heavy (non-hydrogen) atoms. The summed E-state index contributed by atoms with van der Waals surface area (Å²) in [6.07, 6.45) is 0. The first-order valence-electron chi connectivity index (χ1n) is 6.07. The fraction of sp³-hybridized carbons (Fsp3) is 0.143. The highest BCUT2D eigenvalue weighted by Crippen LogP contribution is 2.28. The molecule has 0 unspecified atom stereocenters. The number of aromatic hydroxyl groups is 1. The van der Waals surface area contributed by atoms with Gasteiger partial charge in [0.1, 0.15) is 11.6 Å². The summed E-state index contributed by atoms with van der Waals surface area (Å²) in [4.78, 5) is -0.185. The summed E-state index contributed by atoms with van der Waals surface area (Å²) in [7, 11) is -2.60. The van der Waals surface area contributed by atoms with Gasteiger partial charge in [-0.25, -0.2) is 12.8 Å². The average Bonchev–Trinajstić information content (AvgIpc) is 2.42. The highest BCUT2D eigenvalue weighted by atomic mass is 32.2. The Balaban J connectivity index is 2.54. The fourth-order valence-corrected chi connectivity index (χ4v) is 3.35. The predicted molar refractivity (Wildman–Crippen MR) is 79.2 cm³/mol. The Kier molecular flexibility index (Phi) is 3.78. The summed E-state index contributed by atoms with van der Waals surface area (Å²) in [6, 6.07) is 7.94. The largest absolute Gasteiger partial charge is 0.508 e. The van der Waals surface area contributed by atoms with E-state index in [4.69, 9.17) is 5.73 Å². The number of sulfonamides is 1. The minimum atomic E-state index is -3.95. The zero-order chi connectivity index (χ0) is 15.8. The lowest BCUT2D eigenvalue weighted by atomic mass is 10.2. The SMILES string of the molecule is Cc1c(F)cc(N)cc1S(=O)(=O)N(C)c1ccc(O)cc1. The molecule has 112 valence electrons. The molecule has 2 rings (SSSR count). The van der Waals surface area contributed by atoms with Gasteiger partial charge in [-0.3, -0.25) is 4.31 Å². The number of rotatable bonds is 3. The minimum Gasteiger partial charge on any atom is -0.508 e. The maximum atomic E-state index is 13.7. The van der Waals surface area contributed by atoms with Crippen LogP contribution in [0.15, 0.2) is 41.3 Å². The number of phenols is 1. The van der Waals surface area contributed by atoms with E-state index in [1.807, 2.05) is 0 Å². The molecule has 2 aromatic rings. The van der Waals surface area contributed by atoms with Crippen molar-refractivity contribution < 1.29 is 17.9 Å².